The predicted molar refractivity (Wildman–Crippen MR) is 74.3 cm³/mol. The third-order valence-electron chi connectivity index (χ3n) is 3.10. The van der Waals surface area contributed by atoms with Gasteiger partial charge in [0.2, 0.25) is 0 Å². The minimum Gasteiger partial charge on any atom is -0.393 e. The van der Waals surface area contributed by atoms with Crippen LogP contribution in [0.5, 0.6) is 0 Å². The number of hydrogen-bond donors (Lipinski definition) is 2. The average Bonchev–Trinajstić information content (AvgIpc) is 2.56. The zero-order valence-corrected chi connectivity index (χ0v) is 10.9. The van der Waals surface area contributed by atoms with Crippen molar-refractivity contribution in [1.29, 1.82) is 0 Å². The maximum absolute atomic E-state index is 12.2. The molecule has 1 aromatic carbocycles. The van der Waals surface area contributed by atoms with Crippen LogP contribution >= 0.6 is 0 Å². The van der Waals surface area contributed by atoms with E-state index in [0.29, 0.717) is 5.69 Å². The van der Waals surface area contributed by atoms with E-state index < -0.39 is 0 Å². The highest BCUT2D eigenvalue weighted by Gasteiger charge is 2.15. The maximum atomic E-state index is 12.2. The molecule has 5 heteroatoms. The number of nitrogens with zero attached hydrogens (tertiary/aromatic N) is 2. The number of nitrogens with two attached hydrogens (primary N) is 1. The van der Waals surface area contributed by atoms with Crippen molar-refractivity contribution in [2.75, 3.05) is 17.6 Å². The van der Waals surface area contributed by atoms with E-state index in [-0.39, 0.29) is 5.56 Å². The standard InChI is InChI=1S/C13H18N4O/c1-4-15-10-7-5-6-8-11(10)17-13(18)12(14)9(2)16(17)3/h5-8,15H,4,14H2,1-3H3. The van der Waals surface area contributed by atoms with Gasteiger partial charge in [-0.25, -0.2) is 4.68 Å². The van der Waals surface area contributed by atoms with Crippen molar-refractivity contribution in [2.45, 2.75) is 13.8 Å². The molecular weight excluding hydrogens is 228 g/mol. The van der Waals surface area contributed by atoms with Crippen molar-refractivity contribution in [3.05, 3.63) is 40.3 Å². The van der Waals surface area contributed by atoms with E-state index in [9.17, 15) is 4.79 Å². The Hall–Kier alpha value is -2.17. The summed E-state index contributed by atoms with van der Waals surface area (Å²) >= 11 is 0. The van der Waals surface area contributed by atoms with Gasteiger partial charge in [-0.1, -0.05) is 12.1 Å². The number of hydrogen-bond acceptors (Lipinski definition) is 3. The van der Waals surface area contributed by atoms with E-state index in [2.05, 4.69) is 5.32 Å². The lowest BCUT2D eigenvalue weighted by atomic mass is 10.2. The number of aromatic nitrogens is 2. The Bertz CT molecular complexity index is 624. The van der Waals surface area contributed by atoms with Crippen molar-refractivity contribution in [1.82, 2.24) is 9.36 Å². The topological polar surface area (TPSA) is 65.0 Å². The largest absolute Gasteiger partial charge is 0.393 e. The highest BCUT2D eigenvalue weighted by molar-refractivity contribution is 5.61. The first kappa shape index (κ1) is 12.3. The molecule has 0 spiro atoms. The normalized spacial score (nSPS) is 10.6. The summed E-state index contributed by atoms with van der Waals surface area (Å²) in [5, 5.41) is 3.24. The second-order valence-electron chi connectivity index (χ2n) is 4.19. The van der Waals surface area contributed by atoms with Gasteiger partial charge < -0.3 is 11.1 Å². The number of para-hydroxylation sites is 2. The Morgan fingerprint density at radius 1 is 1.33 bits per heavy atom. The van der Waals surface area contributed by atoms with Crippen molar-refractivity contribution >= 4 is 11.4 Å². The SMILES string of the molecule is CCNc1ccccc1-n1c(=O)c(N)c(C)n1C. The fourth-order valence-electron chi connectivity index (χ4n) is 2.00. The number of nitrogen functional groups attached to an aromatic ring is 1. The van der Waals surface area contributed by atoms with Gasteiger partial charge >= 0.3 is 0 Å². The molecule has 1 aromatic heterocycles. The third-order valence-corrected chi connectivity index (χ3v) is 3.10. The van der Waals surface area contributed by atoms with Gasteiger partial charge in [0.25, 0.3) is 5.56 Å². The monoisotopic (exact) mass is 246 g/mol. The zero-order chi connectivity index (χ0) is 13.3. The molecule has 96 valence electrons. The van der Waals surface area contributed by atoms with Crippen molar-refractivity contribution < 1.29 is 0 Å². The minimum absolute atomic E-state index is 0.180. The molecule has 2 rings (SSSR count). The van der Waals surface area contributed by atoms with Gasteiger partial charge in [0, 0.05) is 13.6 Å². The summed E-state index contributed by atoms with van der Waals surface area (Å²) in [7, 11) is 1.83. The highest BCUT2D eigenvalue weighted by atomic mass is 16.1. The summed E-state index contributed by atoms with van der Waals surface area (Å²) in [5.41, 5.74) is 8.41. The third kappa shape index (κ3) is 1.77. The van der Waals surface area contributed by atoms with Crippen LogP contribution in [0.25, 0.3) is 5.69 Å². The van der Waals surface area contributed by atoms with Gasteiger partial charge in [-0.2, -0.15) is 0 Å². The molecule has 0 saturated heterocycles. The molecule has 0 amide bonds. The molecule has 18 heavy (non-hydrogen) atoms. The smallest absolute Gasteiger partial charge is 0.294 e. The molecule has 0 unspecified atom stereocenters. The second-order valence-corrected chi connectivity index (χ2v) is 4.19. The molecule has 0 aliphatic carbocycles. The fraction of sp³-hybridized carbons (Fsp3) is 0.308. The van der Waals surface area contributed by atoms with Crippen LogP contribution in [0.1, 0.15) is 12.6 Å². The van der Waals surface area contributed by atoms with Crippen LogP contribution in [0, 0.1) is 6.92 Å². The summed E-state index contributed by atoms with van der Waals surface area (Å²) < 4.78 is 3.36. The van der Waals surface area contributed by atoms with Crippen LogP contribution in [0.3, 0.4) is 0 Å². The van der Waals surface area contributed by atoms with E-state index in [1.54, 1.807) is 9.36 Å². The lowest BCUT2D eigenvalue weighted by Crippen LogP contribution is -2.22. The predicted octanol–water partition coefficient (Wildman–Crippen LogP) is 1.50. The first-order valence-corrected chi connectivity index (χ1v) is 5.95. The number of rotatable bonds is 3. The molecule has 5 nitrogen and oxygen atoms in total. The first-order valence-electron chi connectivity index (χ1n) is 5.95. The Balaban J connectivity index is 2.70. The number of anilines is 2. The van der Waals surface area contributed by atoms with E-state index in [0.717, 1.165) is 23.6 Å². The van der Waals surface area contributed by atoms with Gasteiger partial charge in [-0.15, -0.1) is 0 Å². The van der Waals surface area contributed by atoms with Crippen LogP contribution in [0.2, 0.25) is 0 Å². The van der Waals surface area contributed by atoms with Crippen LogP contribution in [-0.4, -0.2) is 15.9 Å². The molecule has 3 N–H and O–H groups in total. The minimum atomic E-state index is -0.180. The Morgan fingerprint density at radius 2 is 2.00 bits per heavy atom. The Kier molecular flexibility index (Phi) is 3.14. The summed E-state index contributed by atoms with van der Waals surface area (Å²) in [6.07, 6.45) is 0. The molecule has 0 aliphatic rings. The molecule has 0 radical (unpaired) electrons. The van der Waals surface area contributed by atoms with E-state index in [4.69, 9.17) is 5.73 Å². The zero-order valence-electron chi connectivity index (χ0n) is 10.9. The average molecular weight is 246 g/mol. The van der Waals surface area contributed by atoms with Gasteiger partial charge in [0.1, 0.15) is 5.69 Å². The summed E-state index contributed by atoms with van der Waals surface area (Å²) in [6.45, 7) is 4.65. The van der Waals surface area contributed by atoms with Crippen molar-refractivity contribution in [3.63, 3.8) is 0 Å². The Morgan fingerprint density at radius 3 is 2.56 bits per heavy atom. The van der Waals surface area contributed by atoms with Gasteiger partial charge in [-0.3, -0.25) is 9.48 Å². The first-order chi connectivity index (χ1) is 8.57. The highest BCUT2D eigenvalue weighted by Crippen LogP contribution is 2.20. The van der Waals surface area contributed by atoms with Gasteiger partial charge in [0.15, 0.2) is 0 Å². The molecule has 0 bridgehead atoms. The molecule has 0 atom stereocenters. The quantitative estimate of drug-likeness (QED) is 0.862. The lowest BCUT2D eigenvalue weighted by molar-refractivity contribution is 0.630. The number of benzene rings is 1. The second kappa shape index (κ2) is 4.60. The summed E-state index contributed by atoms with van der Waals surface area (Å²) in [4.78, 5) is 12.2. The molecular formula is C13H18N4O. The molecule has 1 heterocycles. The molecule has 0 aliphatic heterocycles. The Labute approximate surface area is 106 Å². The van der Waals surface area contributed by atoms with E-state index in [1.165, 1.54) is 0 Å². The lowest BCUT2D eigenvalue weighted by Gasteiger charge is -2.13. The molecule has 0 saturated carbocycles. The van der Waals surface area contributed by atoms with Crippen molar-refractivity contribution in [2.24, 2.45) is 7.05 Å². The fourth-order valence-corrected chi connectivity index (χ4v) is 2.00. The van der Waals surface area contributed by atoms with Crippen molar-refractivity contribution in [3.8, 4) is 5.69 Å². The maximum Gasteiger partial charge on any atom is 0.294 e. The van der Waals surface area contributed by atoms with Crippen LogP contribution in [0.15, 0.2) is 29.1 Å². The summed E-state index contributed by atoms with van der Waals surface area (Å²) in [5.74, 6) is 0. The van der Waals surface area contributed by atoms with Crippen LogP contribution in [-0.2, 0) is 7.05 Å². The van der Waals surface area contributed by atoms with Gasteiger partial charge in [0.05, 0.1) is 17.1 Å². The van der Waals surface area contributed by atoms with E-state index >= 15 is 0 Å². The number of nitrogens with one attached hydrogen (secondary N) is 1. The summed E-state index contributed by atoms with van der Waals surface area (Å²) in [6, 6.07) is 7.69. The van der Waals surface area contributed by atoms with E-state index in [1.807, 2.05) is 45.2 Å². The molecule has 2 aromatic rings. The van der Waals surface area contributed by atoms with Crippen LogP contribution < -0.4 is 16.6 Å². The van der Waals surface area contributed by atoms with Gasteiger partial charge in [-0.05, 0) is 26.0 Å². The van der Waals surface area contributed by atoms with Crippen LogP contribution in [0.4, 0.5) is 11.4 Å². The molecule has 0 fully saturated rings.